The molecule has 6 N–H and O–H groups in total. The second kappa shape index (κ2) is 5.31. The molecule has 2 atom stereocenters. The van der Waals surface area contributed by atoms with Gasteiger partial charge in [0.1, 0.15) is 0 Å². The van der Waals surface area contributed by atoms with E-state index < -0.39 is 23.7 Å². The van der Waals surface area contributed by atoms with Gasteiger partial charge in [0, 0.05) is 0 Å². The van der Waals surface area contributed by atoms with E-state index in [1.165, 1.54) is 0 Å². The van der Waals surface area contributed by atoms with E-state index >= 15 is 0 Å². The fourth-order valence-corrected chi connectivity index (χ4v) is 0.633. The molecule has 0 aliphatic rings. The molecule has 0 aliphatic carbocycles. The number of carbonyl (C=O) groups excluding carboxylic acids is 1. The lowest BCUT2D eigenvalue weighted by Crippen LogP contribution is -2.62. The van der Waals surface area contributed by atoms with Gasteiger partial charge in [0.05, 0.1) is 6.54 Å². The molecular formula is C8H12N2O5. The quantitative estimate of drug-likeness (QED) is 0.255. The zero-order valence-electron chi connectivity index (χ0n) is 8.02. The van der Waals surface area contributed by atoms with E-state index in [1.807, 2.05) is 0 Å². The predicted octanol–water partition coefficient (Wildman–Crippen LogP) is -2.78. The number of nitrogens with one attached hydrogen (secondary N) is 1. The van der Waals surface area contributed by atoms with Crippen molar-refractivity contribution in [2.75, 3.05) is 6.54 Å². The van der Waals surface area contributed by atoms with E-state index in [4.69, 9.17) is 21.1 Å². The second-order valence-corrected chi connectivity index (χ2v) is 2.68. The molecule has 0 radical (unpaired) electrons. The first-order chi connectivity index (χ1) is 6.84. The van der Waals surface area contributed by atoms with Crippen LogP contribution in [-0.2, 0) is 9.59 Å². The maximum atomic E-state index is 11.0. The minimum absolute atomic E-state index is 0.0674. The van der Waals surface area contributed by atoms with Crippen molar-refractivity contribution in [3.05, 3.63) is 0 Å². The molecule has 2 unspecified atom stereocenters. The highest BCUT2D eigenvalue weighted by atomic mass is 16.4. The normalized spacial score (nSPS) is 15.5. The average molecular weight is 216 g/mol. The summed E-state index contributed by atoms with van der Waals surface area (Å²) in [6.45, 7) is 1.47. The van der Waals surface area contributed by atoms with Gasteiger partial charge in [-0.15, -0.1) is 5.92 Å². The first-order valence-electron chi connectivity index (χ1n) is 3.94. The topological polar surface area (TPSA) is 133 Å². The number of hydrogen-bond acceptors (Lipinski definition) is 5. The van der Waals surface area contributed by atoms with Gasteiger partial charge in [-0.3, -0.25) is 10.5 Å². The Morgan fingerprint density at radius 1 is 1.60 bits per heavy atom. The minimum atomic E-state index is -3.01. The Bertz CT molecular complexity index is 315. The van der Waals surface area contributed by atoms with E-state index in [0.29, 0.717) is 0 Å². The van der Waals surface area contributed by atoms with Gasteiger partial charge >= 0.3 is 5.97 Å². The monoisotopic (exact) mass is 216 g/mol. The summed E-state index contributed by atoms with van der Waals surface area (Å²) in [6, 6.07) is 0. The van der Waals surface area contributed by atoms with Crippen LogP contribution in [0, 0.1) is 11.8 Å². The third-order valence-electron chi connectivity index (χ3n) is 1.54. The molecule has 15 heavy (non-hydrogen) atoms. The maximum Gasteiger partial charge on any atom is 0.354 e. The lowest BCUT2D eigenvalue weighted by atomic mass is 10.1. The molecule has 0 aromatic carbocycles. The van der Waals surface area contributed by atoms with Crippen molar-refractivity contribution in [1.82, 2.24) is 5.32 Å². The predicted molar refractivity (Wildman–Crippen MR) is 49.2 cm³/mol. The molecule has 0 rings (SSSR count). The van der Waals surface area contributed by atoms with Crippen LogP contribution >= 0.6 is 0 Å². The van der Waals surface area contributed by atoms with Crippen LogP contribution in [0.4, 0.5) is 0 Å². The summed E-state index contributed by atoms with van der Waals surface area (Å²) < 4.78 is 0. The van der Waals surface area contributed by atoms with E-state index in [9.17, 15) is 9.59 Å². The molecule has 1 amide bonds. The fourth-order valence-electron chi connectivity index (χ4n) is 0.633. The third-order valence-corrected chi connectivity index (χ3v) is 1.54. The summed E-state index contributed by atoms with van der Waals surface area (Å²) in [5.74, 6) is 1.92. The Balaban J connectivity index is 4.42. The van der Waals surface area contributed by atoms with Crippen molar-refractivity contribution >= 4 is 11.9 Å². The Morgan fingerprint density at radius 3 is 2.53 bits per heavy atom. The highest BCUT2D eigenvalue weighted by molar-refractivity contribution is 5.90. The van der Waals surface area contributed by atoms with Crippen LogP contribution in [0.15, 0.2) is 0 Å². The van der Waals surface area contributed by atoms with E-state index in [2.05, 4.69) is 17.2 Å². The van der Waals surface area contributed by atoms with Crippen molar-refractivity contribution in [3.8, 4) is 11.8 Å². The number of rotatable bonds is 4. The van der Waals surface area contributed by atoms with Crippen LogP contribution in [0.2, 0.25) is 0 Å². The number of hydrogen-bond donors (Lipinski definition) is 5. The van der Waals surface area contributed by atoms with Gasteiger partial charge < -0.3 is 20.6 Å². The van der Waals surface area contributed by atoms with Gasteiger partial charge in [-0.1, -0.05) is 5.92 Å². The molecule has 7 nitrogen and oxygen atoms in total. The van der Waals surface area contributed by atoms with Crippen LogP contribution in [-0.4, -0.2) is 45.6 Å². The Labute approximate surface area is 85.9 Å². The summed E-state index contributed by atoms with van der Waals surface area (Å²) in [6.07, 6.45) is -2.26. The van der Waals surface area contributed by atoms with E-state index in [0.717, 1.165) is 0 Å². The Morgan fingerprint density at radius 2 is 2.13 bits per heavy atom. The van der Waals surface area contributed by atoms with Crippen LogP contribution in [0.1, 0.15) is 6.92 Å². The first-order valence-corrected chi connectivity index (χ1v) is 3.94. The number of aliphatic hydroxyl groups excluding tert-OH is 1. The van der Waals surface area contributed by atoms with Crippen LogP contribution < -0.4 is 11.1 Å². The molecule has 0 spiro atoms. The van der Waals surface area contributed by atoms with Gasteiger partial charge in [-0.05, 0) is 6.92 Å². The zero-order valence-corrected chi connectivity index (χ0v) is 8.02. The van der Waals surface area contributed by atoms with Crippen LogP contribution in [0.25, 0.3) is 0 Å². The highest BCUT2D eigenvalue weighted by Crippen LogP contribution is 2.03. The molecule has 0 heterocycles. The van der Waals surface area contributed by atoms with Gasteiger partial charge in [0.25, 0.3) is 5.91 Å². The average Bonchev–Trinajstić information content (AvgIpc) is 2.16. The fraction of sp³-hybridized carbons (Fsp3) is 0.500. The summed E-state index contributed by atoms with van der Waals surface area (Å²) >= 11 is 0. The lowest BCUT2D eigenvalue weighted by molar-refractivity contribution is -0.175. The molecule has 0 saturated heterocycles. The molecule has 0 aromatic heterocycles. The molecule has 7 heteroatoms. The number of carboxylic acid groups (broad SMARTS) is 1. The number of carbonyl (C=O) groups is 2. The Hall–Kier alpha value is -1.62. The SMILES string of the molecule is CC#CCNC(=O)C(O)C(N)(O)C(=O)O. The lowest BCUT2D eigenvalue weighted by Gasteiger charge is -2.22. The third kappa shape index (κ3) is 3.55. The van der Waals surface area contributed by atoms with Crippen LogP contribution in [0.3, 0.4) is 0 Å². The molecule has 0 aliphatic heterocycles. The standard InChI is InChI=1S/C8H12N2O5/c1-2-3-4-10-6(12)5(11)8(9,15)7(13)14/h5,11,15H,4,9H2,1H3,(H,10,12)(H,13,14). The summed E-state index contributed by atoms with van der Waals surface area (Å²) in [7, 11) is 0. The van der Waals surface area contributed by atoms with Crippen molar-refractivity contribution in [3.63, 3.8) is 0 Å². The van der Waals surface area contributed by atoms with Crippen molar-refractivity contribution in [1.29, 1.82) is 0 Å². The van der Waals surface area contributed by atoms with Gasteiger partial charge in [0.15, 0.2) is 6.10 Å². The van der Waals surface area contributed by atoms with Gasteiger partial charge in [0.2, 0.25) is 5.72 Å². The number of aliphatic carboxylic acids is 1. The first kappa shape index (κ1) is 13.4. The Kier molecular flexibility index (Phi) is 4.73. The van der Waals surface area contributed by atoms with Gasteiger partial charge in [-0.2, -0.15) is 0 Å². The van der Waals surface area contributed by atoms with E-state index in [1.54, 1.807) is 6.92 Å². The summed E-state index contributed by atoms with van der Waals surface area (Å²) in [4.78, 5) is 21.4. The van der Waals surface area contributed by atoms with Crippen molar-refractivity contribution in [2.24, 2.45) is 5.73 Å². The highest BCUT2D eigenvalue weighted by Gasteiger charge is 2.43. The van der Waals surface area contributed by atoms with Crippen molar-refractivity contribution in [2.45, 2.75) is 18.8 Å². The number of nitrogens with two attached hydrogens (primary N) is 1. The number of aliphatic hydroxyl groups is 2. The molecular weight excluding hydrogens is 204 g/mol. The molecule has 0 bridgehead atoms. The van der Waals surface area contributed by atoms with Crippen LogP contribution in [0.5, 0.6) is 0 Å². The summed E-state index contributed by atoms with van der Waals surface area (Å²) in [5.41, 5.74) is 1.81. The van der Waals surface area contributed by atoms with E-state index in [-0.39, 0.29) is 6.54 Å². The largest absolute Gasteiger partial charge is 0.478 e. The zero-order chi connectivity index (χ0) is 12.1. The smallest absolute Gasteiger partial charge is 0.354 e. The van der Waals surface area contributed by atoms with Crippen molar-refractivity contribution < 1.29 is 24.9 Å². The number of amides is 1. The molecule has 0 saturated carbocycles. The van der Waals surface area contributed by atoms with Gasteiger partial charge in [-0.25, -0.2) is 4.79 Å². The summed E-state index contributed by atoms with van der Waals surface area (Å²) in [5, 5.41) is 28.6. The molecule has 0 aromatic rings. The number of carboxylic acids is 1. The minimum Gasteiger partial charge on any atom is -0.478 e. The maximum absolute atomic E-state index is 11.0. The second-order valence-electron chi connectivity index (χ2n) is 2.68. The molecule has 0 fully saturated rings. The molecule has 84 valence electrons.